The molecule has 3 aromatic rings. The summed E-state index contributed by atoms with van der Waals surface area (Å²) in [4.78, 5) is 29.9. The maximum Gasteiger partial charge on any atom is 0.268 e. The second-order valence-corrected chi connectivity index (χ2v) is 9.64. The highest BCUT2D eigenvalue weighted by molar-refractivity contribution is 8.01. The van der Waals surface area contributed by atoms with Gasteiger partial charge in [0.25, 0.3) is 11.8 Å². The molecule has 1 saturated heterocycles. The van der Waals surface area contributed by atoms with Crippen LogP contribution in [0.3, 0.4) is 0 Å². The van der Waals surface area contributed by atoms with Crippen molar-refractivity contribution in [2.45, 2.75) is 25.3 Å². The molecule has 0 bridgehead atoms. The van der Waals surface area contributed by atoms with Crippen molar-refractivity contribution < 1.29 is 14.0 Å². The average Bonchev–Trinajstić information content (AvgIpc) is 3.31. The third kappa shape index (κ3) is 3.21. The smallest absolute Gasteiger partial charge is 0.268 e. The van der Waals surface area contributed by atoms with Crippen molar-refractivity contribution in [3.8, 4) is 0 Å². The van der Waals surface area contributed by atoms with Crippen LogP contribution in [0.15, 0.2) is 66.7 Å². The Morgan fingerprint density at radius 1 is 1.03 bits per heavy atom. The fourth-order valence-corrected chi connectivity index (χ4v) is 6.08. The number of nitrogens with zero attached hydrogens (tertiary/aromatic N) is 2. The summed E-state index contributed by atoms with van der Waals surface area (Å²) < 4.78 is 13.4. The van der Waals surface area contributed by atoms with Crippen molar-refractivity contribution in [2.24, 2.45) is 0 Å². The SMILES string of the molecule is Cc1cccc(CN2C(=O)[C@@]3(SCCN3C(=O)c3ccc(F)cc3)c3cc(C)ccc32)c1. The highest BCUT2D eigenvalue weighted by Crippen LogP contribution is 2.55. The van der Waals surface area contributed by atoms with Crippen molar-refractivity contribution in [1.29, 1.82) is 0 Å². The Kier molecular flexibility index (Phi) is 5.05. The van der Waals surface area contributed by atoms with Crippen molar-refractivity contribution in [1.82, 2.24) is 4.90 Å². The summed E-state index contributed by atoms with van der Waals surface area (Å²) >= 11 is 1.50. The average molecular weight is 447 g/mol. The lowest BCUT2D eigenvalue weighted by Crippen LogP contribution is -2.50. The number of carbonyl (C=O) groups is 2. The van der Waals surface area contributed by atoms with Crippen molar-refractivity contribution in [3.63, 3.8) is 0 Å². The zero-order valence-corrected chi connectivity index (χ0v) is 18.8. The maximum absolute atomic E-state index is 14.0. The van der Waals surface area contributed by atoms with E-state index in [9.17, 15) is 14.0 Å². The monoisotopic (exact) mass is 446 g/mol. The van der Waals surface area contributed by atoms with E-state index < -0.39 is 10.7 Å². The number of thioether (sulfide) groups is 1. The van der Waals surface area contributed by atoms with Crippen LogP contribution in [0.2, 0.25) is 0 Å². The lowest BCUT2D eigenvalue weighted by Gasteiger charge is -2.33. The molecule has 2 heterocycles. The van der Waals surface area contributed by atoms with Crippen molar-refractivity contribution in [3.05, 3.63) is 100 Å². The van der Waals surface area contributed by atoms with Gasteiger partial charge in [0.15, 0.2) is 4.87 Å². The van der Waals surface area contributed by atoms with Gasteiger partial charge in [0, 0.05) is 23.4 Å². The summed E-state index contributed by atoms with van der Waals surface area (Å²) in [5.74, 6) is -0.0928. The molecule has 1 spiro atoms. The van der Waals surface area contributed by atoms with E-state index in [4.69, 9.17) is 0 Å². The highest BCUT2D eigenvalue weighted by atomic mass is 32.2. The van der Waals surface area contributed by atoms with Crippen LogP contribution in [0.4, 0.5) is 10.1 Å². The van der Waals surface area contributed by atoms with Crippen LogP contribution in [-0.4, -0.2) is 29.0 Å². The van der Waals surface area contributed by atoms with Crippen LogP contribution in [0.25, 0.3) is 0 Å². The molecule has 1 atom stereocenters. The number of anilines is 1. The molecule has 3 aromatic carbocycles. The first-order chi connectivity index (χ1) is 15.4. The number of aryl methyl sites for hydroxylation is 2. The zero-order chi connectivity index (χ0) is 22.5. The Morgan fingerprint density at radius 3 is 2.53 bits per heavy atom. The van der Waals surface area contributed by atoms with Gasteiger partial charge in [-0.05, 0) is 49.7 Å². The molecule has 2 amide bonds. The van der Waals surface area contributed by atoms with E-state index in [1.807, 2.05) is 50.2 Å². The van der Waals surface area contributed by atoms with Gasteiger partial charge < -0.3 is 9.80 Å². The number of fused-ring (bicyclic) bond motifs is 2. The summed E-state index contributed by atoms with van der Waals surface area (Å²) in [6.07, 6.45) is 0. The fourth-order valence-electron chi connectivity index (χ4n) is 4.63. The normalized spacial score (nSPS) is 19.7. The van der Waals surface area contributed by atoms with Crippen LogP contribution in [0.1, 0.15) is 32.6 Å². The minimum absolute atomic E-state index is 0.0995. The summed E-state index contributed by atoms with van der Waals surface area (Å²) in [6.45, 7) is 4.92. The van der Waals surface area contributed by atoms with E-state index in [0.29, 0.717) is 24.4 Å². The number of benzene rings is 3. The minimum atomic E-state index is -1.10. The van der Waals surface area contributed by atoms with Gasteiger partial charge in [-0.3, -0.25) is 9.59 Å². The molecule has 0 aromatic heterocycles. The lowest BCUT2D eigenvalue weighted by atomic mass is 10.0. The Morgan fingerprint density at radius 2 is 1.78 bits per heavy atom. The van der Waals surface area contributed by atoms with Crippen LogP contribution in [-0.2, 0) is 16.2 Å². The Bertz CT molecular complexity index is 1230. The van der Waals surface area contributed by atoms with Crippen LogP contribution in [0, 0.1) is 19.7 Å². The molecule has 0 saturated carbocycles. The van der Waals surface area contributed by atoms with Gasteiger partial charge in [0.1, 0.15) is 5.82 Å². The minimum Gasteiger partial charge on any atom is -0.311 e. The van der Waals surface area contributed by atoms with E-state index in [1.165, 1.54) is 36.0 Å². The molecule has 6 heteroatoms. The van der Waals surface area contributed by atoms with Crippen LogP contribution in [0.5, 0.6) is 0 Å². The zero-order valence-electron chi connectivity index (χ0n) is 18.0. The van der Waals surface area contributed by atoms with Gasteiger partial charge in [-0.1, -0.05) is 47.5 Å². The van der Waals surface area contributed by atoms with Gasteiger partial charge in [-0.25, -0.2) is 4.39 Å². The topological polar surface area (TPSA) is 40.6 Å². The number of hydrogen-bond acceptors (Lipinski definition) is 3. The standard InChI is InChI=1S/C26H23FN2O2S/c1-17-4-3-5-19(14-17)16-28-23-11-6-18(2)15-22(23)26(25(28)31)29(12-13-32-26)24(30)20-7-9-21(27)10-8-20/h3-11,14-15H,12-13,16H2,1-2H3/t26-/m0/s1. The Hall–Kier alpha value is -3.12. The molecule has 0 N–H and O–H groups in total. The van der Waals surface area contributed by atoms with Crippen molar-refractivity contribution >= 4 is 29.3 Å². The molecular formula is C26H23FN2O2S. The Balaban J connectivity index is 1.59. The summed E-state index contributed by atoms with van der Waals surface area (Å²) in [5.41, 5.74) is 5.29. The molecule has 4 nitrogen and oxygen atoms in total. The molecule has 32 heavy (non-hydrogen) atoms. The molecule has 0 radical (unpaired) electrons. The first-order valence-corrected chi connectivity index (χ1v) is 11.6. The summed E-state index contributed by atoms with van der Waals surface area (Å²) in [7, 11) is 0. The van der Waals surface area contributed by atoms with Gasteiger partial charge >= 0.3 is 0 Å². The maximum atomic E-state index is 14.0. The molecule has 162 valence electrons. The van der Waals surface area contributed by atoms with Crippen LogP contribution < -0.4 is 4.90 Å². The summed E-state index contributed by atoms with van der Waals surface area (Å²) in [6, 6.07) is 19.6. The van der Waals surface area contributed by atoms with Gasteiger partial charge in [-0.2, -0.15) is 0 Å². The second-order valence-electron chi connectivity index (χ2n) is 8.36. The molecule has 2 aliphatic heterocycles. The molecule has 2 aliphatic rings. The first-order valence-electron chi connectivity index (χ1n) is 10.6. The van der Waals surface area contributed by atoms with E-state index >= 15 is 0 Å². The van der Waals surface area contributed by atoms with Crippen molar-refractivity contribution in [2.75, 3.05) is 17.2 Å². The van der Waals surface area contributed by atoms with Gasteiger partial charge in [0.05, 0.1) is 12.2 Å². The molecular weight excluding hydrogens is 423 g/mol. The highest BCUT2D eigenvalue weighted by Gasteiger charge is 2.59. The predicted octanol–water partition coefficient (Wildman–Crippen LogP) is 5.03. The summed E-state index contributed by atoms with van der Waals surface area (Å²) in [5, 5.41) is 0. The number of carbonyl (C=O) groups excluding carboxylic acids is 2. The molecule has 5 rings (SSSR count). The lowest BCUT2D eigenvalue weighted by molar-refractivity contribution is -0.123. The Labute approximate surface area is 191 Å². The number of rotatable bonds is 3. The fraction of sp³-hybridized carbons (Fsp3) is 0.231. The third-order valence-corrected chi connectivity index (χ3v) is 7.53. The van der Waals surface area contributed by atoms with E-state index in [1.54, 1.807) is 9.80 Å². The quantitative estimate of drug-likeness (QED) is 0.567. The third-order valence-electron chi connectivity index (χ3n) is 6.11. The van der Waals surface area contributed by atoms with E-state index in [-0.39, 0.29) is 11.8 Å². The van der Waals surface area contributed by atoms with E-state index in [2.05, 4.69) is 6.07 Å². The number of amides is 2. The molecule has 0 aliphatic carbocycles. The van der Waals surface area contributed by atoms with E-state index in [0.717, 1.165) is 27.9 Å². The van der Waals surface area contributed by atoms with Gasteiger partial charge in [0.2, 0.25) is 0 Å². The second kappa shape index (κ2) is 7.78. The number of halogens is 1. The largest absolute Gasteiger partial charge is 0.311 e. The number of hydrogen-bond donors (Lipinski definition) is 0. The molecule has 1 fully saturated rings. The van der Waals surface area contributed by atoms with Gasteiger partial charge in [-0.15, -0.1) is 11.8 Å². The van der Waals surface area contributed by atoms with Crippen LogP contribution >= 0.6 is 11.8 Å². The molecule has 0 unspecified atom stereocenters. The predicted molar refractivity (Wildman–Crippen MR) is 125 cm³/mol. The first kappa shape index (κ1) is 20.8.